The Bertz CT molecular complexity index is 519. The summed E-state index contributed by atoms with van der Waals surface area (Å²) in [5.74, 6) is 0.626. The van der Waals surface area contributed by atoms with E-state index in [0.717, 1.165) is 11.1 Å². The number of hydrogen-bond donors (Lipinski definition) is 1. The third kappa shape index (κ3) is 3.37. The zero-order valence-electron chi connectivity index (χ0n) is 12.0. The van der Waals surface area contributed by atoms with Crippen LogP contribution in [0.15, 0.2) is 36.5 Å². The lowest BCUT2D eigenvalue weighted by atomic mass is 10.1. The summed E-state index contributed by atoms with van der Waals surface area (Å²) in [5, 5.41) is 4.33. The van der Waals surface area contributed by atoms with Crippen molar-refractivity contribution in [3.8, 4) is 11.1 Å². The van der Waals surface area contributed by atoms with Gasteiger partial charge >= 0.3 is 0 Å². The normalized spacial score (nSPS) is 11.2. The van der Waals surface area contributed by atoms with Crippen molar-refractivity contribution >= 4 is 5.82 Å². The fourth-order valence-electron chi connectivity index (χ4n) is 2.05. The SMILES string of the molecule is CCOC(Cn1ncc(-c2ccccc2)c1N)OCC. The van der Waals surface area contributed by atoms with E-state index in [1.165, 1.54) is 0 Å². The predicted octanol–water partition coefficient (Wildman–Crippen LogP) is 2.53. The number of benzene rings is 1. The summed E-state index contributed by atoms with van der Waals surface area (Å²) in [6, 6.07) is 9.97. The van der Waals surface area contributed by atoms with Crippen LogP contribution in [0.2, 0.25) is 0 Å². The van der Waals surface area contributed by atoms with E-state index in [-0.39, 0.29) is 6.29 Å². The molecule has 5 heteroatoms. The van der Waals surface area contributed by atoms with Crippen molar-refractivity contribution < 1.29 is 9.47 Å². The molecule has 0 fully saturated rings. The third-order valence-corrected chi connectivity index (χ3v) is 2.99. The molecule has 1 heterocycles. The van der Waals surface area contributed by atoms with Crippen molar-refractivity contribution in [2.45, 2.75) is 26.7 Å². The lowest BCUT2D eigenvalue weighted by Gasteiger charge is -2.17. The topological polar surface area (TPSA) is 62.3 Å². The molecule has 0 atom stereocenters. The van der Waals surface area contributed by atoms with Crippen LogP contribution in [0, 0.1) is 0 Å². The third-order valence-electron chi connectivity index (χ3n) is 2.99. The second-order valence-corrected chi connectivity index (χ2v) is 4.33. The van der Waals surface area contributed by atoms with Gasteiger partial charge in [0.25, 0.3) is 0 Å². The Morgan fingerprint density at radius 2 is 1.80 bits per heavy atom. The number of nitrogens with two attached hydrogens (primary N) is 1. The highest BCUT2D eigenvalue weighted by molar-refractivity contribution is 5.73. The van der Waals surface area contributed by atoms with Gasteiger partial charge in [-0.3, -0.25) is 0 Å². The van der Waals surface area contributed by atoms with E-state index < -0.39 is 0 Å². The molecule has 0 aliphatic rings. The molecule has 0 spiro atoms. The molecule has 20 heavy (non-hydrogen) atoms. The molecule has 2 rings (SSSR count). The predicted molar refractivity (Wildman–Crippen MR) is 79.1 cm³/mol. The number of nitrogens with zero attached hydrogens (tertiary/aromatic N) is 2. The summed E-state index contributed by atoms with van der Waals surface area (Å²) >= 11 is 0. The largest absolute Gasteiger partial charge is 0.383 e. The van der Waals surface area contributed by atoms with Crippen molar-refractivity contribution in [1.29, 1.82) is 0 Å². The number of ether oxygens (including phenoxy) is 2. The maximum absolute atomic E-state index is 6.17. The van der Waals surface area contributed by atoms with E-state index in [2.05, 4.69) is 5.10 Å². The van der Waals surface area contributed by atoms with Gasteiger partial charge in [0, 0.05) is 18.8 Å². The first-order valence-electron chi connectivity index (χ1n) is 6.86. The van der Waals surface area contributed by atoms with Gasteiger partial charge in [0.2, 0.25) is 0 Å². The molecule has 5 nitrogen and oxygen atoms in total. The van der Waals surface area contributed by atoms with Gasteiger partial charge in [0.1, 0.15) is 5.82 Å². The van der Waals surface area contributed by atoms with Gasteiger partial charge in [-0.1, -0.05) is 30.3 Å². The quantitative estimate of drug-likeness (QED) is 0.789. The van der Waals surface area contributed by atoms with Crippen LogP contribution in [0.1, 0.15) is 13.8 Å². The van der Waals surface area contributed by atoms with Crippen molar-refractivity contribution in [2.24, 2.45) is 0 Å². The van der Waals surface area contributed by atoms with Crippen molar-refractivity contribution in [3.05, 3.63) is 36.5 Å². The smallest absolute Gasteiger partial charge is 0.177 e. The fourth-order valence-corrected chi connectivity index (χ4v) is 2.05. The molecule has 0 radical (unpaired) electrons. The second-order valence-electron chi connectivity index (χ2n) is 4.33. The van der Waals surface area contributed by atoms with Crippen molar-refractivity contribution in [3.63, 3.8) is 0 Å². The number of anilines is 1. The highest BCUT2D eigenvalue weighted by Crippen LogP contribution is 2.25. The number of rotatable bonds is 7. The monoisotopic (exact) mass is 275 g/mol. The van der Waals surface area contributed by atoms with E-state index in [9.17, 15) is 0 Å². The van der Waals surface area contributed by atoms with Crippen molar-refractivity contribution in [2.75, 3.05) is 18.9 Å². The molecular weight excluding hydrogens is 254 g/mol. The van der Waals surface area contributed by atoms with Crippen LogP contribution in [0.3, 0.4) is 0 Å². The van der Waals surface area contributed by atoms with Gasteiger partial charge in [-0.05, 0) is 19.4 Å². The molecule has 0 amide bonds. The Hall–Kier alpha value is -1.85. The van der Waals surface area contributed by atoms with Gasteiger partial charge < -0.3 is 15.2 Å². The minimum atomic E-state index is -0.323. The van der Waals surface area contributed by atoms with Crippen LogP contribution in [0.4, 0.5) is 5.82 Å². The van der Waals surface area contributed by atoms with Gasteiger partial charge in [-0.2, -0.15) is 5.10 Å². The van der Waals surface area contributed by atoms with Crippen LogP contribution in [0.25, 0.3) is 11.1 Å². The average molecular weight is 275 g/mol. The molecule has 2 N–H and O–H groups in total. The Balaban J connectivity index is 2.16. The Morgan fingerprint density at radius 1 is 1.15 bits per heavy atom. The van der Waals surface area contributed by atoms with E-state index in [1.54, 1.807) is 10.9 Å². The van der Waals surface area contributed by atoms with Crippen LogP contribution in [-0.4, -0.2) is 29.3 Å². The molecular formula is C15H21N3O2. The van der Waals surface area contributed by atoms with E-state index in [0.29, 0.717) is 25.6 Å². The number of hydrogen-bond acceptors (Lipinski definition) is 4. The second kappa shape index (κ2) is 7.07. The Morgan fingerprint density at radius 3 is 2.40 bits per heavy atom. The molecule has 0 bridgehead atoms. The Kier molecular flexibility index (Phi) is 5.15. The standard InChI is InChI=1S/C15H21N3O2/c1-3-19-14(20-4-2)11-18-15(16)13(10-17-18)12-8-6-5-7-9-12/h5-10,14H,3-4,11,16H2,1-2H3. The lowest BCUT2D eigenvalue weighted by molar-refractivity contribution is -0.144. The number of nitrogen functional groups attached to an aromatic ring is 1. The van der Waals surface area contributed by atoms with Gasteiger partial charge in [-0.15, -0.1) is 0 Å². The van der Waals surface area contributed by atoms with E-state index in [1.807, 2.05) is 44.2 Å². The molecule has 0 aliphatic heterocycles. The van der Waals surface area contributed by atoms with Gasteiger partial charge in [-0.25, -0.2) is 4.68 Å². The molecule has 0 aliphatic carbocycles. The van der Waals surface area contributed by atoms with E-state index in [4.69, 9.17) is 15.2 Å². The molecule has 2 aromatic rings. The number of aromatic nitrogens is 2. The highest BCUT2D eigenvalue weighted by Gasteiger charge is 2.14. The molecule has 0 saturated carbocycles. The molecule has 1 aromatic carbocycles. The first-order chi connectivity index (χ1) is 9.76. The summed E-state index contributed by atoms with van der Waals surface area (Å²) in [7, 11) is 0. The summed E-state index contributed by atoms with van der Waals surface area (Å²) in [4.78, 5) is 0. The molecule has 108 valence electrons. The molecule has 0 saturated heterocycles. The first-order valence-corrected chi connectivity index (χ1v) is 6.86. The summed E-state index contributed by atoms with van der Waals surface area (Å²) < 4.78 is 12.8. The lowest BCUT2D eigenvalue weighted by Crippen LogP contribution is -2.25. The maximum Gasteiger partial charge on any atom is 0.177 e. The maximum atomic E-state index is 6.17. The zero-order valence-corrected chi connectivity index (χ0v) is 12.0. The first kappa shape index (κ1) is 14.6. The van der Waals surface area contributed by atoms with Crippen molar-refractivity contribution in [1.82, 2.24) is 9.78 Å². The minimum absolute atomic E-state index is 0.323. The zero-order chi connectivity index (χ0) is 14.4. The molecule has 0 unspecified atom stereocenters. The summed E-state index contributed by atoms with van der Waals surface area (Å²) in [6.45, 7) is 5.55. The van der Waals surface area contributed by atoms with Crippen LogP contribution < -0.4 is 5.73 Å². The Labute approximate surface area is 119 Å². The average Bonchev–Trinajstić information content (AvgIpc) is 2.82. The fraction of sp³-hybridized carbons (Fsp3) is 0.400. The molecule has 1 aromatic heterocycles. The van der Waals surface area contributed by atoms with Gasteiger partial charge in [0.05, 0.1) is 12.7 Å². The van der Waals surface area contributed by atoms with Crippen LogP contribution >= 0.6 is 0 Å². The summed E-state index contributed by atoms with van der Waals surface area (Å²) in [6.07, 6.45) is 1.45. The van der Waals surface area contributed by atoms with Crippen LogP contribution in [0.5, 0.6) is 0 Å². The minimum Gasteiger partial charge on any atom is -0.383 e. The summed E-state index contributed by atoms with van der Waals surface area (Å²) in [5.41, 5.74) is 8.15. The van der Waals surface area contributed by atoms with Gasteiger partial charge in [0.15, 0.2) is 6.29 Å². The van der Waals surface area contributed by atoms with E-state index >= 15 is 0 Å². The highest BCUT2D eigenvalue weighted by atomic mass is 16.7. The van der Waals surface area contributed by atoms with Crippen LogP contribution in [-0.2, 0) is 16.0 Å².